The largest absolute Gasteiger partial charge is 0.318 e. The molecule has 1 saturated heterocycles. The third kappa shape index (κ3) is 1.94. The first-order valence-electron chi connectivity index (χ1n) is 3.96. The highest BCUT2D eigenvalue weighted by Crippen LogP contribution is 2.07. The summed E-state index contributed by atoms with van der Waals surface area (Å²) in [6.45, 7) is 3.03. The molecule has 1 aliphatic heterocycles. The normalized spacial score (nSPS) is 23.4. The van der Waals surface area contributed by atoms with Crippen LogP contribution in [0, 0.1) is 0 Å². The number of hydrogen-bond donors (Lipinski definition) is 2. The molecular weight excluding hydrogens is 126 g/mol. The van der Waals surface area contributed by atoms with E-state index in [1.54, 1.807) is 0 Å². The molecule has 0 bridgehead atoms. The number of nitrogens with zero attached hydrogens (tertiary/aromatic N) is 1. The maximum Gasteiger partial charge on any atom is 0.0455 e. The Hall–Kier alpha value is -0.120. The highest BCUT2D eigenvalue weighted by atomic mass is 15.2. The van der Waals surface area contributed by atoms with Crippen LogP contribution < -0.4 is 11.1 Å². The predicted molar refractivity (Wildman–Crippen MR) is 42.7 cm³/mol. The van der Waals surface area contributed by atoms with Crippen molar-refractivity contribution < 1.29 is 0 Å². The third-order valence-electron chi connectivity index (χ3n) is 2.25. The topological polar surface area (TPSA) is 41.3 Å². The number of likely N-dealkylation sites (tertiary alicyclic amines) is 1. The van der Waals surface area contributed by atoms with Crippen molar-refractivity contribution in [2.24, 2.45) is 5.73 Å². The number of nitrogens with two attached hydrogens (primary N) is 1. The molecular formula is C7H17N3. The van der Waals surface area contributed by atoms with Crippen molar-refractivity contribution in [3.8, 4) is 0 Å². The lowest BCUT2D eigenvalue weighted by Crippen LogP contribution is -2.43. The molecule has 1 heterocycles. The minimum atomic E-state index is 0.719. The van der Waals surface area contributed by atoms with E-state index in [-0.39, 0.29) is 0 Å². The van der Waals surface area contributed by atoms with Crippen LogP contribution >= 0.6 is 0 Å². The number of piperidine rings is 1. The van der Waals surface area contributed by atoms with Crippen LogP contribution in [0.3, 0.4) is 0 Å². The lowest BCUT2D eigenvalue weighted by molar-refractivity contribution is 0.206. The Kier molecular flexibility index (Phi) is 3.12. The number of rotatable bonds is 2. The summed E-state index contributed by atoms with van der Waals surface area (Å²) >= 11 is 0. The van der Waals surface area contributed by atoms with E-state index in [2.05, 4.69) is 10.2 Å². The van der Waals surface area contributed by atoms with Crippen LogP contribution in [0.25, 0.3) is 0 Å². The number of nitrogens with one attached hydrogen (secondary N) is 1. The van der Waals surface area contributed by atoms with Crippen molar-refractivity contribution in [2.45, 2.75) is 18.9 Å². The minimum Gasteiger partial charge on any atom is -0.318 e. The van der Waals surface area contributed by atoms with Crippen molar-refractivity contribution in [3.63, 3.8) is 0 Å². The van der Waals surface area contributed by atoms with E-state index in [4.69, 9.17) is 5.73 Å². The van der Waals surface area contributed by atoms with Gasteiger partial charge < -0.3 is 11.1 Å². The molecule has 1 rings (SSSR count). The number of hydrogen-bond acceptors (Lipinski definition) is 3. The smallest absolute Gasteiger partial charge is 0.0455 e. The van der Waals surface area contributed by atoms with E-state index < -0.39 is 0 Å². The molecule has 0 aromatic carbocycles. The van der Waals surface area contributed by atoms with Gasteiger partial charge in [-0.1, -0.05) is 0 Å². The first-order chi connectivity index (χ1) is 4.86. The maximum absolute atomic E-state index is 5.50. The van der Waals surface area contributed by atoms with Gasteiger partial charge in [-0.15, -0.1) is 0 Å². The second-order valence-electron chi connectivity index (χ2n) is 2.86. The Bertz CT molecular complexity index is 74.9. The van der Waals surface area contributed by atoms with Gasteiger partial charge in [0.25, 0.3) is 0 Å². The maximum atomic E-state index is 5.50. The van der Waals surface area contributed by atoms with Crippen LogP contribution in [0.15, 0.2) is 0 Å². The van der Waals surface area contributed by atoms with Crippen molar-refractivity contribution in [1.82, 2.24) is 10.2 Å². The predicted octanol–water partition coefficient (Wildman–Crippen LogP) is -0.414. The first kappa shape index (κ1) is 7.98. The Morgan fingerprint density at radius 3 is 2.50 bits per heavy atom. The van der Waals surface area contributed by atoms with E-state index in [1.165, 1.54) is 12.8 Å². The molecule has 0 atom stereocenters. The highest BCUT2D eigenvalue weighted by molar-refractivity contribution is 4.74. The summed E-state index contributed by atoms with van der Waals surface area (Å²) in [6, 6.07) is 0.725. The van der Waals surface area contributed by atoms with Gasteiger partial charge in [0, 0.05) is 25.8 Å². The van der Waals surface area contributed by atoms with Gasteiger partial charge in [0.05, 0.1) is 0 Å². The van der Waals surface area contributed by atoms with E-state index in [9.17, 15) is 0 Å². The van der Waals surface area contributed by atoms with Crippen LogP contribution in [0.5, 0.6) is 0 Å². The summed E-state index contributed by atoms with van der Waals surface area (Å²) in [5, 5.41) is 3.28. The van der Waals surface area contributed by atoms with Gasteiger partial charge >= 0.3 is 0 Å². The summed E-state index contributed by atoms with van der Waals surface area (Å²) in [6.07, 6.45) is 2.49. The molecule has 0 aliphatic carbocycles. The van der Waals surface area contributed by atoms with Crippen LogP contribution in [0.1, 0.15) is 12.8 Å². The third-order valence-corrected chi connectivity index (χ3v) is 2.25. The van der Waals surface area contributed by atoms with Crippen molar-refractivity contribution >= 4 is 0 Å². The zero-order chi connectivity index (χ0) is 7.40. The summed E-state index contributed by atoms with van der Waals surface area (Å²) in [4.78, 5) is 2.29. The summed E-state index contributed by atoms with van der Waals surface area (Å²) in [7, 11) is 2.03. The first-order valence-corrected chi connectivity index (χ1v) is 3.96. The fourth-order valence-electron chi connectivity index (χ4n) is 1.40. The summed E-state index contributed by atoms with van der Waals surface area (Å²) < 4.78 is 0. The van der Waals surface area contributed by atoms with Gasteiger partial charge in [-0.2, -0.15) is 0 Å². The van der Waals surface area contributed by atoms with Gasteiger partial charge in [0.2, 0.25) is 0 Å². The SMILES string of the molecule is CNC1CCN(CN)CC1. The van der Waals surface area contributed by atoms with E-state index >= 15 is 0 Å². The molecule has 3 heteroatoms. The van der Waals surface area contributed by atoms with Crippen LogP contribution in [-0.2, 0) is 0 Å². The molecule has 10 heavy (non-hydrogen) atoms. The van der Waals surface area contributed by atoms with Gasteiger partial charge in [0.15, 0.2) is 0 Å². The average molecular weight is 143 g/mol. The summed E-state index contributed by atoms with van der Waals surface area (Å²) in [5.74, 6) is 0. The van der Waals surface area contributed by atoms with E-state index in [0.29, 0.717) is 0 Å². The molecule has 0 unspecified atom stereocenters. The second kappa shape index (κ2) is 3.91. The van der Waals surface area contributed by atoms with Crippen molar-refractivity contribution in [2.75, 3.05) is 26.8 Å². The Balaban J connectivity index is 2.17. The van der Waals surface area contributed by atoms with Crippen molar-refractivity contribution in [3.05, 3.63) is 0 Å². The second-order valence-corrected chi connectivity index (χ2v) is 2.86. The van der Waals surface area contributed by atoms with Gasteiger partial charge in [-0.25, -0.2) is 0 Å². The average Bonchev–Trinajstić information content (AvgIpc) is 2.05. The van der Waals surface area contributed by atoms with Crippen LogP contribution in [-0.4, -0.2) is 37.7 Å². The molecule has 0 radical (unpaired) electrons. The van der Waals surface area contributed by atoms with Gasteiger partial charge in [-0.05, 0) is 19.9 Å². The molecule has 1 aliphatic rings. The molecule has 3 N–H and O–H groups in total. The Morgan fingerprint density at radius 2 is 2.10 bits per heavy atom. The van der Waals surface area contributed by atoms with Crippen LogP contribution in [0.2, 0.25) is 0 Å². The van der Waals surface area contributed by atoms with E-state index in [1.807, 2.05) is 7.05 Å². The fraction of sp³-hybridized carbons (Fsp3) is 1.00. The quantitative estimate of drug-likeness (QED) is 0.552. The fourth-order valence-corrected chi connectivity index (χ4v) is 1.40. The molecule has 0 aromatic rings. The molecule has 0 spiro atoms. The zero-order valence-corrected chi connectivity index (χ0v) is 6.64. The zero-order valence-electron chi connectivity index (χ0n) is 6.64. The van der Waals surface area contributed by atoms with Crippen LogP contribution in [0.4, 0.5) is 0 Å². The van der Waals surface area contributed by atoms with E-state index in [0.717, 1.165) is 25.8 Å². The lowest BCUT2D eigenvalue weighted by atomic mass is 10.1. The van der Waals surface area contributed by atoms with Gasteiger partial charge in [0.1, 0.15) is 0 Å². The standard InChI is InChI=1S/C7H17N3/c1-9-7-2-4-10(6-8)5-3-7/h7,9H,2-6,8H2,1H3. The molecule has 0 saturated carbocycles. The molecule has 0 amide bonds. The molecule has 0 aromatic heterocycles. The molecule has 1 fully saturated rings. The molecule has 60 valence electrons. The molecule has 3 nitrogen and oxygen atoms in total. The van der Waals surface area contributed by atoms with Gasteiger partial charge in [-0.3, -0.25) is 4.90 Å². The Labute approximate surface area is 62.6 Å². The minimum absolute atomic E-state index is 0.719. The Morgan fingerprint density at radius 1 is 1.50 bits per heavy atom. The highest BCUT2D eigenvalue weighted by Gasteiger charge is 2.15. The summed E-state index contributed by atoms with van der Waals surface area (Å²) in [5.41, 5.74) is 5.50. The lowest BCUT2D eigenvalue weighted by Gasteiger charge is -2.30. The van der Waals surface area contributed by atoms with Crippen molar-refractivity contribution in [1.29, 1.82) is 0 Å². The monoisotopic (exact) mass is 143 g/mol.